The van der Waals surface area contributed by atoms with Crippen molar-refractivity contribution in [2.75, 3.05) is 16.8 Å². The maximum Gasteiger partial charge on any atom is 0.106 e. The van der Waals surface area contributed by atoms with Crippen molar-refractivity contribution < 1.29 is 0 Å². The highest BCUT2D eigenvalue weighted by atomic mass is 79.9. The van der Waals surface area contributed by atoms with Crippen LogP contribution in [0.25, 0.3) is 0 Å². The molecule has 0 spiro atoms. The van der Waals surface area contributed by atoms with Gasteiger partial charge in [0.15, 0.2) is 0 Å². The highest BCUT2D eigenvalue weighted by molar-refractivity contribution is 9.10. The van der Waals surface area contributed by atoms with Crippen LogP contribution in [-0.4, -0.2) is 22.5 Å². The minimum atomic E-state index is 0.638. The summed E-state index contributed by atoms with van der Waals surface area (Å²) in [5.74, 6) is 2.56. The van der Waals surface area contributed by atoms with E-state index in [9.17, 15) is 0 Å². The van der Waals surface area contributed by atoms with Crippen molar-refractivity contribution in [1.29, 1.82) is 0 Å². The third kappa shape index (κ3) is 2.89. The number of nitrogens with zero attached hydrogens (tertiary/aromatic N) is 1. The van der Waals surface area contributed by atoms with Gasteiger partial charge in [-0.15, -0.1) is 0 Å². The number of aromatic nitrogens is 1. The van der Waals surface area contributed by atoms with Gasteiger partial charge in [-0.25, -0.2) is 4.98 Å². The Labute approximate surface area is 97.0 Å². The predicted molar refractivity (Wildman–Crippen MR) is 65.9 cm³/mol. The summed E-state index contributed by atoms with van der Waals surface area (Å²) in [6.07, 6.45) is 4.41. The first-order chi connectivity index (χ1) is 6.84. The third-order valence-corrected chi connectivity index (χ3v) is 3.84. The average Bonchev–Trinajstić information content (AvgIpc) is 2.23. The Bertz CT molecular complexity index is 283. The minimum absolute atomic E-state index is 0.638. The molecule has 1 fully saturated rings. The lowest BCUT2D eigenvalue weighted by atomic mass is 10.1. The second-order valence-electron chi connectivity index (χ2n) is 3.40. The normalized spacial score (nSPS) is 18.1. The topological polar surface area (TPSA) is 24.9 Å². The molecule has 14 heavy (non-hydrogen) atoms. The molecule has 1 saturated heterocycles. The highest BCUT2D eigenvalue weighted by Crippen LogP contribution is 2.21. The molecule has 2 heterocycles. The molecule has 2 rings (SSSR count). The monoisotopic (exact) mass is 272 g/mol. The Morgan fingerprint density at radius 3 is 2.79 bits per heavy atom. The van der Waals surface area contributed by atoms with Gasteiger partial charge in [0.2, 0.25) is 0 Å². The Hall–Kier alpha value is -0.220. The lowest BCUT2D eigenvalue weighted by Crippen LogP contribution is -2.24. The summed E-state index contributed by atoms with van der Waals surface area (Å²) in [5.41, 5.74) is 1.13. The van der Waals surface area contributed by atoms with E-state index in [1.807, 2.05) is 24.0 Å². The molecule has 1 aliphatic rings. The average molecular weight is 273 g/mol. The molecule has 4 heteroatoms. The number of thioether (sulfide) groups is 1. The van der Waals surface area contributed by atoms with Gasteiger partial charge in [-0.05, 0) is 52.4 Å². The van der Waals surface area contributed by atoms with Crippen LogP contribution in [0.2, 0.25) is 0 Å². The van der Waals surface area contributed by atoms with Crippen LogP contribution in [0.4, 0.5) is 5.69 Å². The molecule has 1 aliphatic heterocycles. The third-order valence-electron chi connectivity index (χ3n) is 2.32. The summed E-state index contributed by atoms with van der Waals surface area (Å²) in [4.78, 5) is 4.19. The fourth-order valence-electron chi connectivity index (χ4n) is 1.54. The van der Waals surface area contributed by atoms with Gasteiger partial charge in [0.05, 0.1) is 11.9 Å². The molecule has 0 amide bonds. The fraction of sp³-hybridized carbons (Fsp3) is 0.500. The summed E-state index contributed by atoms with van der Waals surface area (Å²) in [5, 5.41) is 3.51. The molecule has 0 aromatic carbocycles. The molecule has 0 saturated carbocycles. The molecule has 0 bridgehead atoms. The Morgan fingerprint density at radius 2 is 2.14 bits per heavy atom. The summed E-state index contributed by atoms with van der Waals surface area (Å²) in [7, 11) is 0. The van der Waals surface area contributed by atoms with Crippen molar-refractivity contribution in [1.82, 2.24) is 4.98 Å². The molecular formula is C10H13BrN2S. The lowest BCUT2D eigenvalue weighted by molar-refractivity contribution is 0.666. The number of rotatable bonds is 2. The van der Waals surface area contributed by atoms with Crippen molar-refractivity contribution >= 4 is 33.4 Å². The summed E-state index contributed by atoms with van der Waals surface area (Å²) >= 11 is 5.38. The van der Waals surface area contributed by atoms with Gasteiger partial charge in [-0.2, -0.15) is 11.8 Å². The van der Waals surface area contributed by atoms with E-state index in [-0.39, 0.29) is 0 Å². The SMILES string of the molecule is Brc1ccc(NC2CCSCC2)cn1. The standard InChI is InChI=1S/C10H13BrN2S/c11-10-2-1-9(7-12-10)13-8-3-5-14-6-4-8/h1-2,7-8,13H,3-6H2. The largest absolute Gasteiger partial charge is 0.381 e. The summed E-state index contributed by atoms with van der Waals surface area (Å²) < 4.78 is 0.891. The number of halogens is 1. The van der Waals surface area contributed by atoms with E-state index in [2.05, 4.69) is 32.3 Å². The zero-order valence-corrected chi connectivity index (χ0v) is 10.3. The first-order valence-corrected chi connectivity index (χ1v) is 6.75. The fourth-order valence-corrected chi connectivity index (χ4v) is 2.88. The molecule has 1 aromatic heterocycles. The van der Waals surface area contributed by atoms with Crippen LogP contribution < -0.4 is 5.32 Å². The van der Waals surface area contributed by atoms with E-state index < -0.39 is 0 Å². The molecule has 0 atom stereocenters. The Balaban J connectivity index is 1.92. The van der Waals surface area contributed by atoms with Crippen molar-refractivity contribution in [3.8, 4) is 0 Å². The number of pyridine rings is 1. The molecule has 76 valence electrons. The number of nitrogens with one attached hydrogen (secondary N) is 1. The van der Waals surface area contributed by atoms with Crippen LogP contribution in [0.5, 0.6) is 0 Å². The van der Waals surface area contributed by atoms with Crippen LogP contribution in [0.3, 0.4) is 0 Å². The van der Waals surface area contributed by atoms with E-state index in [1.165, 1.54) is 24.3 Å². The zero-order chi connectivity index (χ0) is 9.80. The molecule has 2 nitrogen and oxygen atoms in total. The van der Waals surface area contributed by atoms with E-state index in [4.69, 9.17) is 0 Å². The van der Waals surface area contributed by atoms with Gasteiger partial charge < -0.3 is 5.32 Å². The second-order valence-corrected chi connectivity index (χ2v) is 5.44. The van der Waals surface area contributed by atoms with Gasteiger partial charge >= 0.3 is 0 Å². The molecule has 0 radical (unpaired) electrons. The number of anilines is 1. The van der Waals surface area contributed by atoms with Crippen LogP contribution in [0.1, 0.15) is 12.8 Å². The van der Waals surface area contributed by atoms with Crippen molar-refractivity contribution in [3.63, 3.8) is 0 Å². The predicted octanol–water partition coefficient (Wildman–Crippen LogP) is 3.15. The van der Waals surface area contributed by atoms with Crippen LogP contribution >= 0.6 is 27.7 Å². The summed E-state index contributed by atoms with van der Waals surface area (Å²) in [6.45, 7) is 0. The van der Waals surface area contributed by atoms with Crippen molar-refractivity contribution in [2.24, 2.45) is 0 Å². The van der Waals surface area contributed by atoms with Gasteiger partial charge in [-0.1, -0.05) is 0 Å². The van der Waals surface area contributed by atoms with Crippen molar-refractivity contribution in [3.05, 3.63) is 22.9 Å². The van der Waals surface area contributed by atoms with Gasteiger partial charge in [0.1, 0.15) is 4.60 Å². The van der Waals surface area contributed by atoms with Gasteiger partial charge in [0.25, 0.3) is 0 Å². The van der Waals surface area contributed by atoms with E-state index in [0.717, 1.165) is 10.3 Å². The molecule has 0 aliphatic carbocycles. The smallest absolute Gasteiger partial charge is 0.106 e. The first kappa shape index (κ1) is 10.3. The second kappa shape index (κ2) is 5.03. The number of hydrogen-bond acceptors (Lipinski definition) is 3. The van der Waals surface area contributed by atoms with Crippen LogP contribution in [0, 0.1) is 0 Å². The minimum Gasteiger partial charge on any atom is -0.381 e. The summed E-state index contributed by atoms with van der Waals surface area (Å²) in [6, 6.07) is 4.68. The highest BCUT2D eigenvalue weighted by Gasteiger charge is 2.12. The molecular weight excluding hydrogens is 260 g/mol. The van der Waals surface area contributed by atoms with Gasteiger partial charge in [0, 0.05) is 6.04 Å². The van der Waals surface area contributed by atoms with E-state index in [0.29, 0.717) is 6.04 Å². The van der Waals surface area contributed by atoms with Crippen LogP contribution in [-0.2, 0) is 0 Å². The Morgan fingerprint density at radius 1 is 1.36 bits per heavy atom. The van der Waals surface area contributed by atoms with Crippen molar-refractivity contribution in [2.45, 2.75) is 18.9 Å². The molecule has 1 aromatic rings. The zero-order valence-electron chi connectivity index (χ0n) is 7.87. The number of hydrogen-bond donors (Lipinski definition) is 1. The van der Waals surface area contributed by atoms with Gasteiger partial charge in [-0.3, -0.25) is 0 Å². The van der Waals surface area contributed by atoms with E-state index >= 15 is 0 Å². The lowest BCUT2D eigenvalue weighted by Gasteiger charge is -2.23. The van der Waals surface area contributed by atoms with Crippen LogP contribution in [0.15, 0.2) is 22.9 Å². The quantitative estimate of drug-likeness (QED) is 0.838. The molecule has 1 N–H and O–H groups in total. The maximum absolute atomic E-state index is 4.19. The van der Waals surface area contributed by atoms with E-state index in [1.54, 1.807) is 0 Å². The maximum atomic E-state index is 4.19. The first-order valence-electron chi connectivity index (χ1n) is 4.80. The molecule has 0 unspecified atom stereocenters. The Kier molecular flexibility index (Phi) is 3.70.